The third-order valence-electron chi connectivity index (χ3n) is 6.84. The van der Waals surface area contributed by atoms with E-state index in [1.165, 1.54) is 18.2 Å². The zero-order chi connectivity index (χ0) is 27.8. The van der Waals surface area contributed by atoms with Crippen LogP contribution in [0, 0.1) is 0 Å². The van der Waals surface area contributed by atoms with E-state index in [0.717, 1.165) is 36.8 Å². The van der Waals surface area contributed by atoms with Crippen LogP contribution in [0.3, 0.4) is 0 Å². The highest BCUT2D eigenvalue weighted by molar-refractivity contribution is 8.00. The first-order chi connectivity index (χ1) is 19.0. The Labute approximate surface area is 234 Å². The number of amides is 1. The Kier molecular flexibility index (Phi) is 9.86. The van der Waals surface area contributed by atoms with Gasteiger partial charge in [0.15, 0.2) is 23.0 Å². The van der Waals surface area contributed by atoms with Crippen molar-refractivity contribution in [2.75, 3.05) is 28.4 Å². The monoisotopic (exact) mass is 552 g/mol. The standard InChI is InChI=1S/C29H36N4O5S/c1-6-25(28(34)30-20-10-8-7-9-11-20)39-29-31-26(18-12-14-21(35-2)23(16-18)37-4)27(32-33-29)19-13-15-22(36-3)24(17-19)38-5/h12-17,20,25H,6-11H2,1-5H3,(H,30,34). The third kappa shape index (κ3) is 6.73. The van der Waals surface area contributed by atoms with Crippen molar-refractivity contribution in [3.8, 4) is 45.5 Å². The smallest absolute Gasteiger partial charge is 0.233 e. The molecule has 0 saturated heterocycles. The van der Waals surface area contributed by atoms with Gasteiger partial charge in [0.25, 0.3) is 0 Å². The molecule has 1 N–H and O–H groups in total. The van der Waals surface area contributed by atoms with Crippen LogP contribution >= 0.6 is 11.8 Å². The number of hydrogen-bond acceptors (Lipinski definition) is 9. The van der Waals surface area contributed by atoms with Gasteiger partial charge in [-0.1, -0.05) is 37.9 Å². The predicted molar refractivity (Wildman–Crippen MR) is 152 cm³/mol. The second kappa shape index (κ2) is 13.5. The highest BCUT2D eigenvalue weighted by Crippen LogP contribution is 2.38. The van der Waals surface area contributed by atoms with Crippen molar-refractivity contribution in [2.45, 2.75) is 61.9 Å². The maximum absolute atomic E-state index is 13.1. The second-order valence-corrected chi connectivity index (χ2v) is 10.5. The van der Waals surface area contributed by atoms with Gasteiger partial charge in [-0.3, -0.25) is 4.79 Å². The molecule has 1 unspecified atom stereocenters. The summed E-state index contributed by atoms with van der Waals surface area (Å²) in [5, 5.41) is 12.3. The van der Waals surface area contributed by atoms with Gasteiger partial charge in [-0.15, -0.1) is 10.2 Å². The summed E-state index contributed by atoms with van der Waals surface area (Å²) >= 11 is 1.33. The minimum atomic E-state index is -0.320. The van der Waals surface area contributed by atoms with Gasteiger partial charge in [0.05, 0.1) is 33.7 Å². The van der Waals surface area contributed by atoms with E-state index in [0.29, 0.717) is 46.0 Å². The zero-order valence-electron chi connectivity index (χ0n) is 23.2. The van der Waals surface area contributed by atoms with Crippen molar-refractivity contribution >= 4 is 17.7 Å². The molecular formula is C29H36N4O5S. The molecule has 9 nitrogen and oxygen atoms in total. The lowest BCUT2D eigenvalue weighted by atomic mass is 9.95. The molecule has 0 spiro atoms. The van der Waals surface area contributed by atoms with Crippen molar-refractivity contribution in [1.82, 2.24) is 20.5 Å². The van der Waals surface area contributed by atoms with E-state index in [1.54, 1.807) is 28.4 Å². The number of thioether (sulfide) groups is 1. The minimum absolute atomic E-state index is 0.0228. The average Bonchev–Trinajstić information content (AvgIpc) is 2.99. The van der Waals surface area contributed by atoms with Gasteiger partial charge >= 0.3 is 0 Å². The molecule has 10 heteroatoms. The number of hydrogen-bond donors (Lipinski definition) is 1. The van der Waals surface area contributed by atoms with Gasteiger partial charge in [-0.2, -0.15) is 0 Å². The van der Waals surface area contributed by atoms with E-state index in [4.69, 9.17) is 23.9 Å². The van der Waals surface area contributed by atoms with E-state index < -0.39 is 0 Å². The van der Waals surface area contributed by atoms with Crippen LogP contribution in [0.5, 0.6) is 23.0 Å². The quantitative estimate of drug-likeness (QED) is 0.306. The van der Waals surface area contributed by atoms with Gasteiger partial charge in [0.2, 0.25) is 11.1 Å². The Bertz CT molecular complexity index is 1280. The molecule has 0 bridgehead atoms. The molecule has 0 aliphatic heterocycles. The molecule has 1 fully saturated rings. The Morgan fingerprint density at radius 3 is 1.95 bits per heavy atom. The van der Waals surface area contributed by atoms with Crippen molar-refractivity contribution < 1.29 is 23.7 Å². The molecule has 208 valence electrons. The van der Waals surface area contributed by atoms with Crippen LogP contribution in [0.2, 0.25) is 0 Å². The first-order valence-electron chi connectivity index (χ1n) is 13.2. The molecule has 1 aromatic heterocycles. The highest BCUT2D eigenvalue weighted by Gasteiger charge is 2.25. The molecule has 1 amide bonds. The van der Waals surface area contributed by atoms with E-state index in [-0.39, 0.29) is 17.2 Å². The summed E-state index contributed by atoms with van der Waals surface area (Å²) in [5.41, 5.74) is 2.69. The second-order valence-electron chi connectivity index (χ2n) is 9.29. The fourth-order valence-electron chi connectivity index (χ4n) is 4.71. The number of ether oxygens (including phenoxy) is 4. The van der Waals surface area contributed by atoms with Crippen molar-refractivity contribution in [3.05, 3.63) is 36.4 Å². The highest BCUT2D eigenvalue weighted by atomic mass is 32.2. The van der Waals surface area contributed by atoms with E-state index >= 15 is 0 Å². The van der Waals surface area contributed by atoms with Gasteiger partial charge in [0.1, 0.15) is 11.4 Å². The Balaban J connectivity index is 1.72. The van der Waals surface area contributed by atoms with E-state index in [2.05, 4.69) is 15.5 Å². The van der Waals surface area contributed by atoms with Crippen LogP contribution < -0.4 is 24.3 Å². The lowest BCUT2D eigenvalue weighted by Crippen LogP contribution is -2.41. The maximum Gasteiger partial charge on any atom is 0.233 e. The van der Waals surface area contributed by atoms with E-state index in [9.17, 15) is 4.79 Å². The molecule has 2 aromatic carbocycles. The number of carbonyl (C=O) groups is 1. The third-order valence-corrected chi connectivity index (χ3v) is 8.06. The number of nitrogens with zero attached hydrogens (tertiary/aromatic N) is 3. The molecular weight excluding hydrogens is 516 g/mol. The molecule has 39 heavy (non-hydrogen) atoms. The summed E-state index contributed by atoms with van der Waals surface area (Å²) < 4.78 is 21.9. The van der Waals surface area contributed by atoms with Crippen molar-refractivity contribution in [1.29, 1.82) is 0 Å². The number of carbonyl (C=O) groups excluding carboxylic acids is 1. The van der Waals surface area contributed by atoms with Crippen LogP contribution in [-0.2, 0) is 4.79 Å². The summed E-state index contributed by atoms with van der Waals surface area (Å²) in [5.74, 6) is 2.38. The fourth-order valence-corrected chi connectivity index (χ4v) is 5.54. The lowest BCUT2D eigenvalue weighted by molar-refractivity contribution is -0.121. The van der Waals surface area contributed by atoms with Crippen LogP contribution in [0.1, 0.15) is 45.4 Å². The Hall–Kier alpha value is -3.53. The predicted octanol–water partition coefficient (Wildman–Crippen LogP) is 5.56. The normalized spacial score (nSPS) is 14.4. The summed E-state index contributed by atoms with van der Waals surface area (Å²) in [6.45, 7) is 2.00. The number of methoxy groups -OCH3 is 4. The van der Waals surface area contributed by atoms with Crippen LogP contribution in [0.4, 0.5) is 0 Å². The van der Waals surface area contributed by atoms with Crippen LogP contribution in [0.25, 0.3) is 22.5 Å². The molecule has 1 aliphatic carbocycles. The SMILES string of the molecule is CCC(Sc1nnc(-c2ccc(OC)c(OC)c2)c(-c2ccc(OC)c(OC)c2)n1)C(=O)NC1CCCCC1. The number of rotatable bonds is 11. The summed E-state index contributed by atoms with van der Waals surface area (Å²) in [6.07, 6.45) is 6.28. The molecule has 1 aliphatic rings. The molecule has 3 aromatic rings. The Morgan fingerprint density at radius 1 is 0.846 bits per heavy atom. The van der Waals surface area contributed by atoms with Gasteiger partial charge in [-0.05, 0) is 55.7 Å². The van der Waals surface area contributed by atoms with Crippen LogP contribution in [-0.4, -0.2) is 60.8 Å². The first kappa shape index (κ1) is 28.5. The van der Waals surface area contributed by atoms with Crippen LogP contribution in [0.15, 0.2) is 41.6 Å². The number of benzene rings is 2. The number of nitrogens with one attached hydrogen (secondary N) is 1. The lowest BCUT2D eigenvalue weighted by Gasteiger charge is -2.24. The average molecular weight is 553 g/mol. The number of aromatic nitrogens is 3. The maximum atomic E-state index is 13.1. The molecule has 1 saturated carbocycles. The Morgan fingerprint density at radius 2 is 1.41 bits per heavy atom. The summed E-state index contributed by atoms with van der Waals surface area (Å²) in [4.78, 5) is 18.0. The molecule has 0 radical (unpaired) electrons. The van der Waals surface area contributed by atoms with Crippen molar-refractivity contribution in [2.24, 2.45) is 0 Å². The molecule has 4 rings (SSSR count). The molecule has 1 atom stereocenters. The van der Waals surface area contributed by atoms with E-state index in [1.807, 2.05) is 43.3 Å². The first-order valence-corrected chi connectivity index (χ1v) is 14.1. The summed E-state index contributed by atoms with van der Waals surface area (Å²) in [7, 11) is 6.36. The fraction of sp³-hybridized carbons (Fsp3) is 0.448. The van der Waals surface area contributed by atoms with Gasteiger partial charge in [0, 0.05) is 17.2 Å². The minimum Gasteiger partial charge on any atom is -0.493 e. The van der Waals surface area contributed by atoms with Crippen molar-refractivity contribution in [3.63, 3.8) is 0 Å². The van der Waals surface area contributed by atoms with Gasteiger partial charge in [-0.25, -0.2) is 4.98 Å². The topological polar surface area (TPSA) is 105 Å². The molecule has 1 heterocycles. The zero-order valence-corrected chi connectivity index (χ0v) is 24.0. The summed E-state index contributed by atoms with van der Waals surface area (Å²) in [6, 6.07) is 11.4. The largest absolute Gasteiger partial charge is 0.493 e. The van der Waals surface area contributed by atoms with Gasteiger partial charge < -0.3 is 24.3 Å².